The Bertz CT molecular complexity index is 1690. The Kier molecular flexibility index (Phi) is 9.01. The molecule has 1 aromatic heterocycles. The second-order valence-corrected chi connectivity index (χ2v) is 19.2. The number of nitrogens with zero attached hydrogens (tertiary/aromatic N) is 2. The average Bonchev–Trinajstić information content (AvgIpc) is 3.46. The Labute approximate surface area is 307 Å². The van der Waals surface area contributed by atoms with Gasteiger partial charge in [0.2, 0.25) is 5.88 Å². The van der Waals surface area contributed by atoms with E-state index >= 15 is 0 Å². The van der Waals surface area contributed by atoms with E-state index in [0.717, 1.165) is 12.8 Å². The molecule has 0 radical (unpaired) electrons. The topological polar surface area (TPSA) is 98.2 Å². The van der Waals surface area contributed by atoms with Gasteiger partial charge in [-0.15, -0.1) is 0 Å². The summed E-state index contributed by atoms with van der Waals surface area (Å²) in [7, 11) is 0. The number of ether oxygens (including phenoxy) is 2. The summed E-state index contributed by atoms with van der Waals surface area (Å²) in [4.78, 5) is 17.8. The highest BCUT2D eigenvalue weighted by atomic mass is 16.5. The van der Waals surface area contributed by atoms with Crippen LogP contribution < -0.4 is 10.5 Å². The molecule has 4 fully saturated rings. The molecule has 6 nitrogen and oxygen atoms in total. The Hall–Kier alpha value is -2.91. The first-order chi connectivity index (χ1) is 24.1. The number of nitriles is 1. The second kappa shape index (κ2) is 12.6. The number of esters is 1. The molecule has 0 amide bonds. The molecule has 0 saturated heterocycles. The number of carbonyl (C=O) groups excluding carboxylic acids is 1. The highest BCUT2D eigenvalue weighted by Crippen LogP contribution is 2.76. The van der Waals surface area contributed by atoms with E-state index in [1.165, 1.54) is 68.1 Å². The first-order valence-corrected chi connectivity index (χ1v) is 20.1. The molecule has 51 heavy (non-hydrogen) atoms. The first kappa shape index (κ1) is 36.4. The van der Waals surface area contributed by atoms with E-state index in [4.69, 9.17) is 15.2 Å². The maximum Gasteiger partial charge on any atom is 0.315 e. The maximum atomic E-state index is 13.5. The number of allylic oxidation sites excluding steroid dienone is 5. The minimum Gasteiger partial charge on any atom is -0.475 e. The third kappa shape index (κ3) is 5.32. The smallest absolute Gasteiger partial charge is 0.315 e. The number of carbonyl (C=O) groups is 1. The lowest BCUT2D eigenvalue weighted by Gasteiger charge is -2.72. The van der Waals surface area contributed by atoms with Crippen LogP contribution >= 0.6 is 0 Å². The van der Waals surface area contributed by atoms with Crippen LogP contribution in [-0.4, -0.2) is 29.7 Å². The zero-order valence-electron chi connectivity index (χ0n) is 32.6. The molecule has 0 bridgehead atoms. The zero-order chi connectivity index (χ0) is 36.6. The van der Waals surface area contributed by atoms with Crippen LogP contribution in [0.1, 0.15) is 131 Å². The Balaban J connectivity index is 1.15. The van der Waals surface area contributed by atoms with E-state index < -0.39 is 5.41 Å². The lowest BCUT2D eigenvalue weighted by molar-refractivity contribution is -0.219. The van der Waals surface area contributed by atoms with Gasteiger partial charge < -0.3 is 15.2 Å². The van der Waals surface area contributed by atoms with Gasteiger partial charge in [0.1, 0.15) is 23.7 Å². The molecule has 2 N–H and O–H groups in total. The molecule has 4 saturated carbocycles. The number of nitrogens with two attached hydrogens (primary N) is 1. The monoisotopic (exact) mass is 693 g/mol. The summed E-state index contributed by atoms with van der Waals surface area (Å²) in [6.07, 6.45) is 19.7. The number of rotatable bonds is 7. The summed E-state index contributed by atoms with van der Waals surface area (Å²) < 4.78 is 11.7. The third-order valence-electron chi connectivity index (χ3n) is 16.8. The lowest BCUT2D eigenvalue weighted by atomic mass is 9.33. The van der Waals surface area contributed by atoms with Crippen LogP contribution in [0.3, 0.4) is 0 Å². The fourth-order valence-corrected chi connectivity index (χ4v) is 14.0. The van der Waals surface area contributed by atoms with Gasteiger partial charge in [-0.1, -0.05) is 58.9 Å². The molecule has 7 rings (SSSR count). The molecule has 0 spiro atoms. The molecule has 0 aromatic carbocycles. The molecule has 6 heteroatoms. The van der Waals surface area contributed by atoms with Crippen molar-refractivity contribution in [3.05, 3.63) is 59.3 Å². The van der Waals surface area contributed by atoms with Gasteiger partial charge in [-0.2, -0.15) is 5.26 Å². The summed E-state index contributed by atoms with van der Waals surface area (Å²) in [6, 6.07) is 5.57. The van der Waals surface area contributed by atoms with Crippen molar-refractivity contribution < 1.29 is 14.3 Å². The molecule has 0 aliphatic heterocycles. The fraction of sp³-hybridized carbons (Fsp3) is 0.711. The first-order valence-electron chi connectivity index (χ1n) is 20.1. The van der Waals surface area contributed by atoms with Crippen molar-refractivity contribution in [2.24, 2.45) is 62.4 Å². The molecule has 10 atom stereocenters. The molecule has 1 aromatic rings. The summed E-state index contributed by atoms with van der Waals surface area (Å²) in [6.45, 7) is 22.1. The van der Waals surface area contributed by atoms with Crippen molar-refractivity contribution >= 4 is 5.97 Å². The largest absolute Gasteiger partial charge is 0.475 e. The highest BCUT2D eigenvalue weighted by Gasteiger charge is 2.70. The predicted octanol–water partition coefficient (Wildman–Crippen LogP) is 9.90. The summed E-state index contributed by atoms with van der Waals surface area (Å²) >= 11 is 0. The minimum atomic E-state index is -0.804. The zero-order valence-corrected chi connectivity index (χ0v) is 32.6. The summed E-state index contributed by atoms with van der Waals surface area (Å²) in [5.74, 6) is 3.18. The van der Waals surface area contributed by atoms with Crippen LogP contribution in [0.5, 0.6) is 5.88 Å². The van der Waals surface area contributed by atoms with Crippen molar-refractivity contribution in [2.75, 3.05) is 13.2 Å². The normalized spacial score (nSPS) is 42.5. The van der Waals surface area contributed by atoms with Gasteiger partial charge in [0.15, 0.2) is 0 Å². The van der Waals surface area contributed by atoms with Crippen LogP contribution in [0.4, 0.5) is 0 Å². The number of hydrogen-bond donors (Lipinski definition) is 1. The van der Waals surface area contributed by atoms with Crippen LogP contribution in [0.2, 0.25) is 0 Å². The van der Waals surface area contributed by atoms with E-state index in [1.54, 1.807) is 18.3 Å². The second-order valence-electron chi connectivity index (χ2n) is 19.2. The molecule has 1 heterocycles. The van der Waals surface area contributed by atoms with E-state index in [0.29, 0.717) is 65.4 Å². The molecule has 6 aliphatic carbocycles. The van der Waals surface area contributed by atoms with Gasteiger partial charge in [0, 0.05) is 11.7 Å². The summed E-state index contributed by atoms with van der Waals surface area (Å²) in [5.41, 5.74) is 12.0. The van der Waals surface area contributed by atoms with Crippen molar-refractivity contribution in [1.29, 1.82) is 5.26 Å². The van der Waals surface area contributed by atoms with Crippen LogP contribution in [-0.2, 0) is 9.53 Å². The summed E-state index contributed by atoms with van der Waals surface area (Å²) in [5, 5.41) is 9.57. The standard InChI is InChI=1S/C45H63N3O3/c1-9-50-39(49)44(28-51-38-31(27-46)11-10-26-48-38)21-14-30(15-22-44)33-17-19-41(6)35(40(33,4)5)18-20-43(8)36(41)13-12-34-37-32(29(2)3)16-23-45(37,47)25-24-42(34,43)7/h10-11,14,17,26,32,34-37H,2,9,12-13,15-16,18-25,28,47H2,1,3-8H3/t32-,34+,35-,36+,37+,41-,42+,43+,44+,45-/m0/s1. The van der Waals surface area contributed by atoms with Crippen LogP contribution in [0.25, 0.3) is 0 Å². The molecule has 0 unspecified atom stereocenters. The van der Waals surface area contributed by atoms with Gasteiger partial charge >= 0.3 is 5.97 Å². The number of hydrogen-bond acceptors (Lipinski definition) is 6. The molecule has 276 valence electrons. The van der Waals surface area contributed by atoms with Crippen LogP contribution in [0, 0.1) is 68.0 Å². The van der Waals surface area contributed by atoms with Crippen molar-refractivity contribution in [1.82, 2.24) is 4.98 Å². The predicted molar refractivity (Wildman–Crippen MR) is 202 cm³/mol. The fourth-order valence-electron chi connectivity index (χ4n) is 14.0. The molecular formula is C45H63N3O3. The average molecular weight is 694 g/mol. The number of pyridine rings is 1. The Morgan fingerprint density at radius 2 is 1.78 bits per heavy atom. The quantitative estimate of drug-likeness (QED) is 0.226. The van der Waals surface area contributed by atoms with Gasteiger partial charge in [-0.3, -0.25) is 4.79 Å². The maximum absolute atomic E-state index is 13.5. The van der Waals surface area contributed by atoms with Gasteiger partial charge in [-0.25, -0.2) is 4.98 Å². The SMILES string of the molecule is C=C(C)[C@@H]1CC[C@]2(N)CC[C@]3(C)[C@H](CC[C@@H]4[C@@]5(C)CC=C(C6=CC[C@@](COc7ncccc7C#N)(C(=O)OCC)CC6)C(C)(C)[C@@H]5CC[C@]43C)[C@@H]12. The molecule has 6 aliphatic rings. The minimum absolute atomic E-state index is 0.00865. The Morgan fingerprint density at radius 3 is 2.47 bits per heavy atom. The van der Waals surface area contributed by atoms with E-state index in [1.807, 2.05) is 6.92 Å². The van der Waals surface area contributed by atoms with Crippen molar-refractivity contribution in [3.8, 4) is 11.9 Å². The van der Waals surface area contributed by atoms with Crippen molar-refractivity contribution in [3.63, 3.8) is 0 Å². The highest BCUT2D eigenvalue weighted by molar-refractivity contribution is 5.78. The van der Waals surface area contributed by atoms with Gasteiger partial charge in [0.05, 0.1) is 6.61 Å². The number of aromatic nitrogens is 1. The lowest BCUT2D eigenvalue weighted by Crippen LogP contribution is -2.67. The van der Waals surface area contributed by atoms with Crippen LogP contribution in [0.15, 0.2) is 53.8 Å². The molecular weight excluding hydrogens is 631 g/mol. The van der Waals surface area contributed by atoms with Crippen molar-refractivity contribution in [2.45, 2.75) is 131 Å². The number of fused-ring (bicyclic) bond motifs is 7. The van der Waals surface area contributed by atoms with E-state index in [2.05, 4.69) is 71.3 Å². The Morgan fingerprint density at radius 1 is 1.00 bits per heavy atom. The van der Waals surface area contributed by atoms with Gasteiger partial charge in [-0.05, 0) is 165 Å². The van der Waals surface area contributed by atoms with E-state index in [9.17, 15) is 10.1 Å². The van der Waals surface area contributed by atoms with E-state index in [-0.39, 0.29) is 34.8 Å². The third-order valence-corrected chi connectivity index (χ3v) is 16.8. The van der Waals surface area contributed by atoms with Gasteiger partial charge in [0.25, 0.3) is 0 Å².